The summed E-state index contributed by atoms with van der Waals surface area (Å²) >= 11 is 0. The lowest BCUT2D eigenvalue weighted by Gasteiger charge is -2.38. The molecule has 3 unspecified atom stereocenters. The molecule has 0 bridgehead atoms. The quantitative estimate of drug-likeness (QED) is 0.726. The summed E-state index contributed by atoms with van der Waals surface area (Å²) < 4.78 is 0. The molecular formula is C13H23N3O2. The molecule has 5 nitrogen and oxygen atoms in total. The summed E-state index contributed by atoms with van der Waals surface area (Å²) in [5.41, 5.74) is 0. The fraction of sp³-hybridized carbons (Fsp3) is 0.846. The number of nitrogens with one attached hydrogen (secondary N) is 1. The van der Waals surface area contributed by atoms with Gasteiger partial charge in [0.15, 0.2) is 0 Å². The molecule has 102 valence electrons. The van der Waals surface area contributed by atoms with Gasteiger partial charge in [-0.05, 0) is 26.7 Å². The molecule has 3 atom stereocenters. The lowest BCUT2D eigenvalue weighted by atomic mass is 10.1. The molecule has 5 heteroatoms. The second kappa shape index (κ2) is 5.26. The van der Waals surface area contributed by atoms with Gasteiger partial charge in [0, 0.05) is 38.6 Å². The highest BCUT2D eigenvalue weighted by atomic mass is 16.2. The smallest absolute Gasteiger partial charge is 0.245 e. The van der Waals surface area contributed by atoms with Gasteiger partial charge in [0.1, 0.15) is 6.04 Å². The molecule has 0 aromatic heterocycles. The SMILES string of the molecule is CC(=O)N1CCCC1C(=O)N1CC(C)NC(C)C1. The normalized spacial score (nSPS) is 32.7. The number of hydrogen-bond acceptors (Lipinski definition) is 3. The fourth-order valence-corrected chi connectivity index (χ4v) is 3.12. The number of carbonyl (C=O) groups excluding carboxylic acids is 2. The van der Waals surface area contributed by atoms with Crippen LogP contribution in [0, 0.1) is 0 Å². The summed E-state index contributed by atoms with van der Waals surface area (Å²) in [4.78, 5) is 27.7. The van der Waals surface area contributed by atoms with Crippen molar-refractivity contribution in [3.8, 4) is 0 Å². The third-order valence-electron chi connectivity index (χ3n) is 3.81. The Balaban J connectivity index is 2.04. The number of nitrogens with zero attached hydrogens (tertiary/aromatic N) is 2. The van der Waals surface area contributed by atoms with Crippen molar-refractivity contribution in [2.75, 3.05) is 19.6 Å². The molecule has 1 N–H and O–H groups in total. The predicted molar refractivity (Wildman–Crippen MR) is 69.0 cm³/mol. The number of hydrogen-bond donors (Lipinski definition) is 1. The van der Waals surface area contributed by atoms with Gasteiger partial charge < -0.3 is 15.1 Å². The summed E-state index contributed by atoms with van der Waals surface area (Å²) in [5.74, 6) is 0.144. The topological polar surface area (TPSA) is 52.7 Å². The van der Waals surface area contributed by atoms with Crippen molar-refractivity contribution in [2.24, 2.45) is 0 Å². The van der Waals surface area contributed by atoms with Crippen LogP contribution in [0.5, 0.6) is 0 Å². The maximum atomic E-state index is 12.5. The molecule has 0 aromatic rings. The van der Waals surface area contributed by atoms with Crippen molar-refractivity contribution in [3.63, 3.8) is 0 Å². The average molecular weight is 253 g/mol. The molecule has 0 aromatic carbocycles. The Morgan fingerprint density at radius 1 is 1.17 bits per heavy atom. The zero-order chi connectivity index (χ0) is 13.3. The van der Waals surface area contributed by atoms with Crippen LogP contribution >= 0.6 is 0 Å². The molecule has 0 radical (unpaired) electrons. The molecule has 2 aliphatic heterocycles. The lowest BCUT2D eigenvalue weighted by Crippen LogP contribution is -2.59. The van der Waals surface area contributed by atoms with Crippen LogP contribution in [-0.2, 0) is 9.59 Å². The monoisotopic (exact) mass is 253 g/mol. The Kier molecular flexibility index (Phi) is 3.90. The minimum atomic E-state index is -0.222. The van der Waals surface area contributed by atoms with E-state index in [0.29, 0.717) is 12.1 Å². The van der Waals surface area contributed by atoms with Crippen LogP contribution in [0.25, 0.3) is 0 Å². The number of carbonyl (C=O) groups is 2. The van der Waals surface area contributed by atoms with Gasteiger partial charge in [-0.15, -0.1) is 0 Å². The van der Waals surface area contributed by atoms with Crippen molar-refractivity contribution in [2.45, 2.75) is 51.7 Å². The van der Waals surface area contributed by atoms with Crippen molar-refractivity contribution in [3.05, 3.63) is 0 Å². The van der Waals surface area contributed by atoms with Gasteiger partial charge >= 0.3 is 0 Å². The average Bonchev–Trinajstić information content (AvgIpc) is 2.75. The van der Waals surface area contributed by atoms with E-state index >= 15 is 0 Å². The molecule has 2 aliphatic rings. The zero-order valence-corrected chi connectivity index (χ0v) is 11.5. The van der Waals surface area contributed by atoms with Crippen LogP contribution in [0.15, 0.2) is 0 Å². The van der Waals surface area contributed by atoms with E-state index in [1.165, 1.54) is 0 Å². The van der Waals surface area contributed by atoms with Gasteiger partial charge in [-0.1, -0.05) is 0 Å². The fourth-order valence-electron chi connectivity index (χ4n) is 3.12. The van der Waals surface area contributed by atoms with Crippen molar-refractivity contribution >= 4 is 11.8 Å². The van der Waals surface area contributed by atoms with E-state index in [-0.39, 0.29) is 17.9 Å². The predicted octanol–water partition coefficient (Wildman–Crippen LogP) is 0.206. The van der Waals surface area contributed by atoms with Crippen molar-refractivity contribution in [1.82, 2.24) is 15.1 Å². The van der Waals surface area contributed by atoms with E-state index < -0.39 is 0 Å². The first kappa shape index (κ1) is 13.3. The van der Waals surface area contributed by atoms with Gasteiger partial charge in [-0.2, -0.15) is 0 Å². The van der Waals surface area contributed by atoms with Gasteiger partial charge in [-0.25, -0.2) is 0 Å². The standard InChI is InChI=1S/C13H23N3O2/c1-9-7-15(8-10(2)14-9)13(18)12-5-4-6-16(12)11(3)17/h9-10,12,14H,4-8H2,1-3H3. The number of likely N-dealkylation sites (tertiary alicyclic amines) is 1. The second-order valence-corrected chi connectivity index (χ2v) is 5.58. The van der Waals surface area contributed by atoms with Crippen LogP contribution in [0.4, 0.5) is 0 Å². The lowest BCUT2D eigenvalue weighted by molar-refractivity contribution is -0.144. The largest absolute Gasteiger partial charge is 0.338 e. The highest BCUT2D eigenvalue weighted by Crippen LogP contribution is 2.20. The summed E-state index contributed by atoms with van der Waals surface area (Å²) in [6.45, 7) is 7.94. The Bertz CT molecular complexity index is 335. The molecule has 2 heterocycles. The van der Waals surface area contributed by atoms with Gasteiger partial charge in [-0.3, -0.25) is 9.59 Å². The summed E-state index contributed by atoms with van der Waals surface area (Å²) in [7, 11) is 0. The molecule has 0 aliphatic carbocycles. The van der Waals surface area contributed by atoms with Crippen LogP contribution < -0.4 is 5.32 Å². The number of amides is 2. The molecular weight excluding hydrogens is 230 g/mol. The van der Waals surface area contributed by atoms with Gasteiger partial charge in [0.05, 0.1) is 0 Å². The van der Waals surface area contributed by atoms with E-state index in [9.17, 15) is 9.59 Å². The van der Waals surface area contributed by atoms with Gasteiger partial charge in [0.25, 0.3) is 0 Å². The Morgan fingerprint density at radius 2 is 1.78 bits per heavy atom. The number of piperazine rings is 1. The Labute approximate surface area is 108 Å². The van der Waals surface area contributed by atoms with E-state index in [1.807, 2.05) is 4.90 Å². The molecule has 2 amide bonds. The minimum absolute atomic E-state index is 0.0158. The Morgan fingerprint density at radius 3 is 2.33 bits per heavy atom. The third kappa shape index (κ3) is 2.66. The third-order valence-corrected chi connectivity index (χ3v) is 3.81. The molecule has 18 heavy (non-hydrogen) atoms. The van der Waals surface area contributed by atoms with Crippen LogP contribution in [0.3, 0.4) is 0 Å². The highest BCUT2D eigenvalue weighted by molar-refractivity contribution is 5.87. The molecule has 2 saturated heterocycles. The summed E-state index contributed by atoms with van der Waals surface area (Å²) in [6.07, 6.45) is 1.75. The zero-order valence-electron chi connectivity index (χ0n) is 11.5. The van der Waals surface area contributed by atoms with Crippen LogP contribution in [0.1, 0.15) is 33.6 Å². The first-order valence-corrected chi connectivity index (χ1v) is 6.81. The molecule has 2 rings (SSSR count). The van der Waals surface area contributed by atoms with Crippen molar-refractivity contribution < 1.29 is 9.59 Å². The molecule has 0 spiro atoms. The maximum absolute atomic E-state index is 12.5. The van der Waals surface area contributed by atoms with E-state index in [0.717, 1.165) is 32.5 Å². The number of rotatable bonds is 1. The summed E-state index contributed by atoms with van der Waals surface area (Å²) in [5, 5.41) is 3.41. The van der Waals surface area contributed by atoms with E-state index in [4.69, 9.17) is 0 Å². The first-order chi connectivity index (χ1) is 8.49. The van der Waals surface area contributed by atoms with Crippen LogP contribution in [0.2, 0.25) is 0 Å². The first-order valence-electron chi connectivity index (χ1n) is 6.81. The van der Waals surface area contributed by atoms with E-state index in [2.05, 4.69) is 19.2 Å². The molecule has 0 saturated carbocycles. The molecule has 2 fully saturated rings. The highest BCUT2D eigenvalue weighted by Gasteiger charge is 2.36. The maximum Gasteiger partial charge on any atom is 0.245 e. The summed E-state index contributed by atoms with van der Waals surface area (Å²) in [6, 6.07) is 0.426. The van der Waals surface area contributed by atoms with E-state index in [1.54, 1.807) is 11.8 Å². The second-order valence-electron chi connectivity index (χ2n) is 5.58. The van der Waals surface area contributed by atoms with Crippen molar-refractivity contribution in [1.29, 1.82) is 0 Å². The van der Waals surface area contributed by atoms with Gasteiger partial charge in [0.2, 0.25) is 11.8 Å². The minimum Gasteiger partial charge on any atom is -0.338 e. The Hall–Kier alpha value is -1.10. The van der Waals surface area contributed by atoms with Crippen LogP contribution in [-0.4, -0.2) is 59.4 Å².